The van der Waals surface area contributed by atoms with Crippen molar-refractivity contribution in [3.63, 3.8) is 0 Å². The Bertz CT molecular complexity index is 546. The molecule has 0 unspecified atom stereocenters. The molecule has 2 aliphatic carbocycles. The molecule has 21 heavy (non-hydrogen) atoms. The molecule has 0 aromatic rings. The molecule has 0 saturated heterocycles. The van der Waals surface area contributed by atoms with Crippen LogP contribution in [0.4, 0.5) is 0 Å². The van der Waals surface area contributed by atoms with Crippen LogP contribution < -0.4 is 0 Å². The van der Waals surface area contributed by atoms with E-state index in [-0.39, 0.29) is 5.57 Å². The lowest BCUT2D eigenvalue weighted by molar-refractivity contribution is -0.167. The molecule has 6 heteroatoms. The molecule has 2 rings (SSSR count). The van der Waals surface area contributed by atoms with Crippen molar-refractivity contribution < 1.29 is 28.6 Å². The summed E-state index contributed by atoms with van der Waals surface area (Å²) in [7, 11) is 3.81. The van der Waals surface area contributed by atoms with Gasteiger partial charge in [0.1, 0.15) is 10.8 Å². The molecule has 0 radical (unpaired) electrons. The van der Waals surface area contributed by atoms with Crippen molar-refractivity contribution in [3.8, 4) is 0 Å². The van der Waals surface area contributed by atoms with Gasteiger partial charge in [0, 0.05) is 0 Å². The number of hydrogen-bond acceptors (Lipinski definition) is 6. The minimum absolute atomic E-state index is 0.240. The highest BCUT2D eigenvalue weighted by Gasteiger charge is 2.64. The maximum absolute atomic E-state index is 12.4. The van der Waals surface area contributed by atoms with Crippen LogP contribution in [-0.4, -0.2) is 39.2 Å². The molecule has 0 aromatic carbocycles. The van der Waals surface area contributed by atoms with Crippen LogP contribution in [0.2, 0.25) is 0 Å². The van der Waals surface area contributed by atoms with Gasteiger partial charge in [0.15, 0.2) is 0 Å². The second-order valence-corrected chi connectivity index (χ2v) is 5.20. The van der Waals surface area contributed by atoms with Crippen molar-refractivity contribution >= 4 is 17.9 Å². The SMILES string of the molecule is COC(=O)C1=C[C@]2(C(=O)OC)CCC[C@]2(C(=O)OC)C=C1. The third-order valence-electron chi connectivity index (χ3n) is 4.41. The monoisotopic (exact) mass is 294 g/mol. The van der Waals surface area contributed by atoms with Crippen molar-refractivity contribution in [2.75, 3.05) is 21.3 Å². The molecule has 1 fully saturated rings. The van der Waals surface area contributed by atoms with Gasteiger partial charge in [0.2, 0.25) is 0 Å². The van der Waals surface area contributed by atoms with Gasteiger partial charge in [-0.05, 0) is 12.8 Å². The predicted molar refractivity (Wildman–Crippen MR) is 72.0 cm³/mol. The summed E-state index contributed by atoms with van der Waals surface area (Å²) in [5.41, 5.74) is -2.09. The Morgan fingerprint density at radius 3 is 2.10 bits per heavy atom. The van der Waals surface area contributed by atoms with Gasteiger partial charge < -0.3 is 14.2 Å². The highest BCUT2D eigenvalue weighted by molar-refractivity contribution is 5.99. The Kier molecular flexibility index (Phi) is 3.89. The molecule has 1 saturated carbocycles. The Hall–Kier alpha value is -2.11. The van der Waals surface area contributed by atoms with E-state index in [1.807, 2.05) is 0 Å². The number of esters is 3. The number of carbonyl (C=O) groups excluding carboxylic acids is 3. The molecule has 0 spiro atoms. The lowest BCUT2D eigenvalue weighted by Gasteiger charge is -2.39. The predicted octanol–water partition coefficient (Wildman–Crippen LogP) is 1.16. The Labute approximate surface area is 122 Å². The van der Waals surface area contributed by atoms with Gasteiger partial charge in [-0.1, -0.05) is 24.6 Å². The van der Waals surface area contributed by atoms with Crippen molar-refractivity contribution in [2.45, 2.75) is 19.3 Å². The second-order valence-electron chi connectivity index (χ2n) is 5.20. The molecule has 0 amide bonds. The summed E-state index contributed by atoms with van der Waals surface area (Å²) < 4.78 is 14.5. The Morgan fingerprint density at radius 2 is 1.52 bits per heavy atom. The fraction of sp³-hybridized carbons (Fsp3) is 0.533. The third kappa shape index (κ3) is 1.97. The van der Waals surface area contributed by atoms with E-state index in [2.05, 4.69) is 4.74 Å². The first kappa shape index (κ1) is 15.3. The maximum Gasteiger partial charge on any atom is 0.337 e. The summed E-state index contributed by atoms with van der Waals surface area (Å²) in [5, 5.41) is 0. The fourth-order valence-electron chi connectivity index (χ4n) is 3.38. The van der Waals surface area contributed by atoms with Crippen LogP contribution in [0.1, 0.15) is 19.3 Å². The van der Waals surface area contributed by atoms with Crippen LogP contribution >= 0.6 is 0 Å². The lowest BCUT2D eigenvalue weighted by atomic mass is 9.62. The molecule has 2 atom stereocenters. The highest BCUT2D eigenvalue weighted by atomic mass is 16.5. The Balaban J connectivity index is 2.60. The van der Waals surface area contributed by atoms with Gasteiger partial charge in [-0.2, -0.15) is 0 Å². The van der Waals surface area contributed by atoms with Crippen LogP contribution in [0.15, 0.2) is 23.8 Å². The van der Waals surface area contributed by atoms with E-state index < -0.39 is 28.7 Å². The zero-order valence-electron chi connectivity index (χ0n) is 12.3. The minimum Gasteiger partial charge on any atom is -0.468 e. The summed E-state index contributed by atoms with van der Waals surface area (Å²) in [5.74, 6) is -1.60. The molecular weight excluding hydrogens is 276 g/mol. The standard InChI is InChI=1S/C15H18O6/c1-19-11(16)10-5-8-14(12(17)20-2)6-4-7-15(14,9-10)13(18)21-3/h5,8-9H,4,6-7H2,1-3H3/t14-,15+/m1/s1. The number of hydrogen-bond donors (Lipinski definition) is 0. The third-order valence-corrected chi connectivity index (χ3v) is 4.41. The highest BCUT2D eigenvalue weighted by Crippen LogP contribution is 2.58. The number of carbonyl (C=O) groups is 3. The topological polar surface area (TPSA) is 78.9 Å². The molecule has 0 N–H and O–H groups in total. The van der Waals surface area contributed by atoms with Crippen molar-refractivity contribution in [2.24, 2.45) is 10.8 Å². The summed E-state index contributed by atoms with van der Waals surface area (Å²) in [6, 6.07) is 0. The quantitative estimate of drug-likeness (QED) is 0.574. The van der Waals surface area contributed by atoms with Crippen LogP contribution in [0, 0.1) is 10.8 Å². The van der Waals surface area contributed by atoms with Crippen molar-refractivity contribution in [1.29, 1.82) is 0 Å². The molecule has 2 aliphatic rings. The first-order valence-corrected chi connectivity index (χ1v) is 6.64. The van der Waals surface area contributed by atoms with Crippen LogP contribution in [0.3, 0.4) is 0 Å². The second kappa shape index (κ2) is 5.35. The van der Waals surface area contributed by atoms with E-state index >= 15 is 0 Å². The van der Waals surface area contributed by atoms with E-state index in [9.17, 15) is 14.4 Å². The zero-order valence-corrected chi connectivity index (χ0v) is 12.3. The molecule has 6 nitrogen and oxygen atoms in total. The average molecular weight is 294 g/mol. The summed E-state index contributed by atoms with van der Waals surface area (Å²) in [4.78, 5) is 36.4. The van der Waals surface area contributed by atoms with E-state index in [0.717, 1.165) is 0 Å². The number of ether oxygens (including phenoxy) is 3. The smallest absolute Gasteiger partial charge is 0.337 e. The van der Waals surface area contributed by atoms with Gasteiger partial charge in [-0.3, -0.25) is 9.59 Å². The molecular formula is C15H18O6. The van der Waals surface area contributed by atoms with Crippen LogP contribution in [-0.2, 0) is 28.6 Å². The largest absolute Gasteiger partial charge is 0.468 e. The van der Waals surface area contributed by atoms with Gasteiger partial charge in [-0.25, -0.2) is 4.79 Å². The molecule has 0 aliphatic heterocycles. The average Bonchev–Trinajstić information content (AvgIpc) is 2.92. The van der Waals surface area contributed by atoms with E-state index in [1.54, 1.807) is 6.08 Å². The van der Waals surface area contributed by atoms with E-state index in [4.69, 9.17) is 9.47 Å². The number of fused-ring (bicyclic) bond motifs is 1. The normalized spacial score (nSPS) is 30.1. The van der Waals surface area contributed by atoms with E-state index in [0.29, 0.717) is 19.3 Å². The molecule has 0 bridgehead atoms. The van der Waals surface area contributed by atoms with Crippen LogP contribution in [0.25, 0.3) is 0 Å². The summed E-state index contributed by atoms with van der Waals surface area (Å²) >= 11 is 0. The molecule has 114 valence electrons. The first-order valence-electron chi connectivity index (χ1n) is 6.64. The zero-order chi connectivity index (χ0) is 15.7. The fourth-order valence-corrected chi connectivity index (χ4v) is 3.38. The first-order chi connectivity index (χ1) is 9.97. The maximum atomic E-state index is 12.4. The van der Waals surface area contributed by atoms with Crippen molar-refractivity contribution in [3.05, 3.63) is 23.8 Å². The van der Waals surface area contributed by atoms with Gasteiger partial charge in [-0.15, -0.1) is 0 Å². The lowest BCUT2D eigenvalue weighted by Crippen LogP contribution is -2.49. The molecule has 0 heterocycles. The Morgan fingerprint density at radius 1 is 0.952 bits per heavy atom. The van der Waals surface area contributed by atoms with Crippen molar-refractivity contribution in [1.82, 2.24) is 0 Å². The van der Waals surface area contributed by atoms with Crippen LogP contribution in [0.5, 0.6) is 0 Å². The van der Waals surface area contributed by atoms with Gasteiger partial charge in [0.25, 0.3) is 0 Å². The van der Waals surface area contributed by atoms with E-state index in [1.165, 1.54) is 33.5 Å². The molecule has 0 aromatic heterocycles. The number of methoxy groups -OCH3 is 3. The summed E-state index contributed by atoms with van der Waals surface area (Å²) in [6.07, 6.45) is 6.12. The van der Waals surface area contributed by atoms with Gasteiger partial charge >= 0.3 is 17.9 Å². The number of rotatable bonds is 3. The minimum atomic E-state index is -1.22. The van der Waals surface area contributed by atoms with Gasteiger partial charge in [0.05, 0.1) is 26.9 Å². The summed E-state index contributed by atoms with van der Waals surface area (Å²) in [6.45, 7) is 0.